The van der Waals surface area contributed by atoms with E-state index in [0.717, 1.165) is 18.7 Å². The smallest absolute Gasteiger partial charge is 0.0671 e. The van der Waals surface area contributed by atoms with Crippen LogP contribution in [0.5, 0.6) is 0 Å². The fourth-order valence-electron chi connectivity index (χ4n) is 2.08. The minimum atomic E-state index is 0.232. The van der Waals surface area contributed by atoms with Crippen LogP contribution in [0.25, 0.3) is 0 Å². The highest BCUT2D eigenvalue weighted by Crippen LogP contribution is 2.27. The number of aromatic nitrogens is 1. The molecule has 2 rings (SSSR count). The van der Waals surface area contributed by atoms with Gasteiger partial charge in [-0.3, -0.25) is 9.88 Å². The highest BCUT2D eigenvalue weighted by atomic mass is 15.2. The molecule has 1 aromatic rings. The first kappa shape index (κ1) is 9.62. The number of hydrogen-bond donors (Lipinski definition) is 1. The van der Waals surface area contributed by atoms with Crippen molar-refractivity contribution in [2.75, 3.05) is 13.6 Å². The molecular formula is C11H17N3. The summed E-state index contributed by atoms with van der Waals surface area (Å²) in [4.78, 5) is 6.72. The van der Waals surface area contributed by atoms with Crippen molar-refractivity contribution in [2.24, 2.45) is 5.73 Å². The molecule has 76 valence electrons. The number of aryl methyl sites for hydroxylation is 1. The van der Waals surface area contributed by atoms with Gasteiger partial charge < -0.3 is 5.73 Å². The predicted molar refractivity (Wildman–Crippen MR) is 56.9 cm³/mol. The summed E-state index contributed by atoms with van der Waals surface area (Å²) in [7, 11) is 2.11. The normalized spacial score (nSPS) is 28.2. The molecule has 1 aliphatic rings. The minimum absolute atomic E-state index is 0.232. The van der Waals surface area contributed by atoms with Gasteiger partial charge in [-0.15, -0.1) is 0 Å². The lowest BCUT2D eigenvalue weighted by Crippen LogP contribution is -2.30. The van der Waals surface area contributed by atoms with Gasteiger partial charge in [0.15, 0.2) is 0 Å². The summed E-state index contributed by atoms with van der Waals surface area (Å²) in [6, 6.07) is 4.72. The first-order valence-electron chi connectivity index (χ1n) is 5.07. The van der Waals surface area contributed by atoms with Crippen LogP contribution in [0.4, 0.5) is 0 Å². The second-order valence-electron chi connectivity index (χ2n) is 4.14. The van der Waals surface area contributed by atoms with E-state index >= 15 is 0 Å². The molecule has 0 aliphatic carbocycles. The van der Waals surface area contributed by atoms with Crippen LogP contribution in [0.2, 0.25) is 0 Å². The molecule has 2 atom stereocenters. The van der Waals surface area contributed by atoms with Gasteiger partial charge in [0.1, 0.15) is 0 Å². The standard InChI is InChI=1S/C11H17N3/c1-8-3-4-10(13-7-8)11-9(12)5-6-14(11)2/h3-4,7,9,11H,5-6,12H2,1-2H3. The van der Waals surface area contributed by atoms with Crippen molar-refractivity contribution in [1.82, 2.24) is 9.88 Å². The van der Waals surface area contributed by atoms with Crippen molar-refractivity contribution in [3.8, 4) is 0 Å². The first-order valence-corrected chi connectivity index (χ1v) is 5.07. The summed E-state index contributed by atoms with van der Waals surface area (Å²) < 4.78 is 0. The van der Waals surface area contributed by atoms with Crippen LogP contribution in [0.3, 0.4) is 0 Å². The Hall–Kier alpha value is -0.930. The summed E-state index contributed by atoms with van der Waals surface area (Å²) in [5.74, 6) is 0. The van der Waals surface area contributed by atoms with Crippen molar-refractivity contribution in [1.29, 1.82) is 0 Å². The third-order valence-corrected chi connectivity index (χ3v) is 2.93. The highest BCUT2D eigenvalue weighted by Gasteiger charge is 2.30. The van der Waals surface area contributed by atoms with E-state index in [1.807, 2.05) is 6.20 Å². The zero-order valence-electron chi connectivity index (χ0n) is 8.77. The van der Waals surface area contributed by atoms with Crippen molar-refractivity contribution >= 4 is 0 Å². The maximum Gasteiger partial charge on any atom is 0.0671 e. The number of nitrogens with two attached hydrogens (primary N) is 1. The molecular weight excluding hydrogens is 174 g/mol. The molecule has 0 aromatic carbocycles. The average Bonchev–Trinajstić information content (AvgIpc) is 2.49. The van der Waals surface area contributed by atoms with E-state index < -0.39 is 0 Å². The van der Waals surface area contributed by atoms with Crippen molar-refractivity contribution < 1.29 is 0 Å². The van der Waals surface area contributed by atoms with Crippen molar-refractivity contribution in [2.45, 2.75) is 25.4 Å². The Morgan fingerprint density at radius 1 is 1.50 bits per heavy atom. The van der Waals surface area contributed by atoms with Crippen LogP contribution in [-0.4, -0.2) is 29.5 Å². The molecule has 0 saturated carbocycles. The Morgan fingerprint density at radius 2 is 2.29 bits per heavy atom. The number of rotatable bonds is 1. The Balaban J connectivity index is 2.25. The summed E-state index contributed by atoms with van der Waals surface area (Å²) >= 11 is 0. The molecule has 0 radical (unpaired) electrons. The van der Waals surface area contributed by atoms with Crippen molar-refractivity contribution in [3.63, 3.8) is 0 Å². The number of hydrogen-bond acceptors (Lipinski definition) is 3. The number of pyridine rings is 1. The van der Waals surface area contributed by atoms with Crippen LogP contribution in [0.15, 0.2) is 18.3 Å². The maximum absolute atomic E-state index is 6.06. The molecule has 1 fully saturated rings. The molecule has 1 aliphatic heterocycles. The Morgan fingerprint density at radius 3 is 2.79 bits per heavy atom. The highest BCUT2D eigenvalue weighted by molar-refractivity contribution is 5.17. The molecule has 3 heteroatoms. The summed E-state index contributed by atoms with van der Waals surface area (Å²) in [6.45, 7) is 3.12. The van der Waals surface area contributed by atoms with Gasteiger partial charge in [-0.1, -0.05) is 6.07 Å². The third kappa shape index (κ3) is 1.65. The molecule has 0 spiro atoms. The van der Waals surface area contributed by atoms with Gasteiger partial charge >= 0.3 is 0 Å². The second-order valence-corrected chi connectivity index (χ2v) is 4.14. The molecule has 2 unspecified atom stereocenters. The fourth-order valence-corrected chi connectivity index (χ4v) is 2.08. The van der Waals surface area contributed by atoms with Gasteiger partial charge in [0, 0.05) is 18.8 Å². The zero-order valence-corrected chi connectivity index (χ0v) is 8.77. The van der Waals surface area contributed by atoms with Gasteiger partial charge in [-0.25, -0.2) is 0 Å². The first-order chi connectivity index (χ1) is 6.68. The largest absolute Gasteiger partial charge is 0.326 e. The van der Waals surface area contributed by atoms with E-state index in [9.17, 15) is 0 Å². The van der Waals surface area contributed by atoms with E-state index in [-0.39, 0.29) is 6.04 Å². The molecule has 0 amide bonds. The quantitative estimate of drug-likeness (QED) is 0.722. The van der Waals surface area contributed by atoms with Crippen LogP contribution >= 0.6 is 0 Å². The molecule has 1 aromatic heterocycles. The predicted octanol–water partition coefficient (Wildman–Crippen LogP) is 1.09. The van der Waals surface area contributed by atoms with Gasteiger partial charge in [-0.05, 0) is 32.0 Å². The zero-order chi connectivity index (χ0) is 10.1. The summed E-state index contributed by atoms with van der Waals surface area (Å²) in [5.41, 5.74) is 8.36. The Labute approximate surface area is 84.9 Å². The number of likely N-dealkylation sites (N-methyl/N-ethyl adjacent to an activating group) is 1. The van der Waals surface area contributed by atoms with Crippen LogP contribution in [-0.2, 0) is 0 Å². The Kier molecular flexibility index (Phi) is 2.52. The monoisotopic (exact) mass is 191 g/mol. The molecule has 2 N–H and O–H groups in total. The van der Waals surface area contributed by atoms with E-state index in [4.69, 9.17) is 5.73 Å². The number of likely N-dealkylation sites (tertiary alicyclic amines) is 1. The van der Waals surface area contributed by atoms with Gasteiger partial charge in [0.05, 0.1) is 11.7 Å². The molecule has 0 bridgehead atoms. The van der Waals surface area contributed by atoms with Gasteiger partial charge in [0.25, 0.3) is 0 Å². The van der Waals surface area contributed by atoms with Crippen molar-refractivity contribution in [3.05, 3.63) is 29.6 Å². The van der Waals surface area contributed by atoms with E-state index in [1.165, 1.54) is 5.56 Å². The van der Waals surface area contributed by atoms with Crippen LogP contribution < -0.4 is 5.73 Å². The summed E-state index contributed by atoms with van der Waals surface area (Å²) in [6.07, 6.45) is 2.98. The molecule has 2 heterocycles. The Bertz CT molecular complexity index is 297. The molecule has 1 saturated heterocycles. The lowest BCUT2D eigenvalue weighted by molar-refractivity contribution is 0.298. The van der Waals surface area contributed by atoms with E-state index in [0.29, 0.717) is 6.04 Å². The third-order valence-electron chi connectivity index (χ3n) is 2.93. The van der Waals surface area contributed by atoms with Gasteiger partial charge in [0.2, 0.25) is 0 Å². The fraction of sp³-hybridized carbons (Fsp3) is 0.545. The number of nitrogens with zero attached hydrogens (tertiary/aromatic N) is 2. The van der Waals surface area contributed by atoms with Crippen LogP contribution in [0, 0.1) is 6.92 Å². The van der Waals surface area contributed by atoms with E-state index in [2.05, 4.69) is 36.0 Å². The lowest BCUT2D eigenvalue weighted by Gasteiger charge is -2.22. The topological polar surface area (TPSA) is 42.1 Å². The van der Waals surface area contributed by atoms with Crippen LogP contribution in [0.1, 0.15) is 23.7 Å². The molecule has 14 heavy (non-hydrogen) atoms. The maximum atomic E-state index is 6.06. The SMILES string of the molecule is Cc1ccc(C2C(N)CCN2C)nc1. The molecule has 3 nitrogen and oxygen atoms in total. The average molecular weight is 191 g/mol. The van der Waals surface area contributed by atoms with E-state index in [1.54, 1.807) is 0 Å². The summed E-state index contributed by atoms with van der Waals surface area (Å²) in [5, 5.41) is 0. The lowest BCUT2D eigenvalue weighted by atomic mass is 10.1. The van der Waals surface area contributed by atoms with Gasteiger partial charge in [-0.2, -0.15) is 0 Å². The minimum Gasteiger partial charge on any atom is -0.326 e. The second kappa shape index (κ2) is 3.67.